The molecule has 0 heterocycles. The predicted molar refractivity (Wildman–Crippen MR) is 101 cm³/mol. The third kappa shape index (κ3) is 4.70. The van der Waals surface area contributed by atoms with Gasteiger partial charge in [0.05, 0.1) is 12.5 Å². The second kappa shape index (κ2) is 7.21. The van der Waals surface area contributed by atoms with Gasteiger partial charge in [0.1, 0.15) is 0 Å². The van der Waals surface area contributed by atoms with E-state index in [-0.39, 0.29) is 17.4 Å². The highest BCUT2D eigenvalue weighted by Crippen LogP contribution is 2.24. The molecule has 0 spiro atoms. The fourth-order valence-electron chi connectivity index (χ4n) is 2.86. The second-order valence-electron chi connectivity index (χ2n) is 7.77. The fraction of sp³-hybridized carbons (Fsp3) is 0.409. The number of hydrogen-bond acceptors (Lipinski definition) is 1. The van der Waals surface area contributed by atoms with E-state index in [1.54, 1.807) is 0 Å². The molecule has 0 radical (unpaired) electrons. The molecule has 2 rings (SSSR count). The monoisotopic (exact) mass is 323 g/mol. The molecule has 2 heteroatoms. The molecule has 1 atom stereocenters. The van der Waals surface area contributed by atoms with Gasteiger partial charge in [-0.3, -0.25) is 4.79 Å². The van der Waals surface area contributed by atoms with Gasteiger partial charge in [-0.15, -0.1) is 0 Å². The standard InChI is InChI=1S/C22H29NO/c1-15-7-8-19(16(2)13-15)14-21(24)23-17(3)18-9-11-20(12-10-18)22(4,5)6/h7-13,17H,14H2,1-6H3,(H,23,24)/t17-/m0/s1. The molecule has 0 saturated carbocycles. The minimum atomic E-state index is 0.0114. The van der Waals surface area contributed by atoms with Crippen molar-refractivity contribution in [2.45, 2.75) is 59.4 Å². The van der Waals surface area contributed by atoms with Crippen LogP contribution >= 0.6 is 0 Å². The van der Waals surface area contributed by atoms with Crippen molar-refractivity contribution in [3.05, 3.63) is 70.3 Å². The van der Waals surface area contributed by atoms with E-state index in [9.17, 15) is 4.79 Å². The number of hydrogen-bond donors (Lipinski definition) is 1. The molecule has 2 nitrogen and oxygen atoms in total. The molecule has 2 aromatic carbocycles. The van der Waals surface area contributed by atoms with Crippen LogP contribution in [0.5, 0.6) is 0 Å². The normalized spacial score (nSPS) is 12.8. The van der Waals surface area contributed by atoms with E-state index in [2.05, 4.69) is 76.3 Å². The smallest absolute Gasteiger partial charge is 0.224 e. The van der Waals surface area contributed by atoms with Gasteiger partial charge in [0.15, 0.2) is 0 Å². The summed E-state index contributed by atoms with van der Waals surface area (Å²) in [4.78, 5) is 12.3. The van der Waals surface area contributed by atoms with Crippen LogP contribution in [0.4, 0.5) is 0 Å². The zero-order valence-corrected chi connectivity index (χ0v) is 15.7. The fourth-order valence-corrected chi connectivity index (χ4v) is 2.86. The number of amides is 1. The van der Waals surface area contributed by atoms with Gasteiger partial charge in [-0.1, -0.05) is 68.8 Å². The first kappa shape index (κ1) is 18.3. The van der Waals surface area contributed by atoms with Crippen molar-refractivity contribution in [3.63, 3.8) is 0 Å². The molecule has 0 aliphatic carbocycles. The number of nitrogens with one attached hydrogen (secondary N) is 1. The van der Waals surface area contributed by atoms with Gasteiger partial charge in [-0.25, -0.2) is 0 Å². The van der Waals surface area contributed by atoms with E-state index < -0.39 is 0 Å². The Morgan fingerprint density at radius 3 is 2.21 bits per heavy atom. The summed E-state index contributed by atoms with van der Waals surface area (Å²) in [6.07, 6.45) is 0.427. The number of carbonyl (C=O) groups is 1. The van der Waals surface area contributed by atoms with E-state index in [1.807, 2.05) is 13.0 Å². The lowest BCUT2D eigenvalue weighted by Gasteiger charge is -2.21. The molecular weight excluding hydrogens is 294 g/mol. The van der Waals surface area contributed by atoms with Crippen molar-refractivity contribution in [3.8, 4) is 0 Å². The Balaban J connectivity index is 2.01. The summed E-state index contributed by atoms with van der Waals surface area (Å²) < 4.78 is 0. The maximum absolute atomic E-state index is 12.3. The van der Waals surface area contributed by atoms with Crippen LogP contribution in [0.15, 0.2) is 42.5 Å². The van der Waals surface area contributed by atoms with E-state index in [0.717, 1.165) is 11.1 Å². The Bertz CT molecular complexity index is 708. The summed E-state index contributed by atoms with van der Waals surface area (Å²) in [6, 6.07) is 14.8. The molecule has 0 aliphatic heterocycles. The SMILES string of the molecule is Cc1ccc(CC(=O)N[C@@H](C)c2ccc(C(C)(C)C)cc2)c(C)c1. The molecule has 0 fully saturated rings. The molecule has 0 saturated heterocycles. The summed E-state index contributed by atoms with van der Waals surface area (Å²) in [6.45, 7) is 12.8. The average Bonchev–Trinajstić information content (AvgIpc) is 2.49. The van der Waals surface area contributed by atoms with Crippen LogP contribution in [-0.4, -0.2) is 5.91 Å². The summed E-state index contributed by atoms with van der Waals surface area (Å²) in [5.74, 6) is 0.0642. The van der Waals surface area contributed by atoms with Crippen molar-refractivity contribution in [2.24, 2.45) is 0 Å². The highest BCUT2D eigenvalue weighted by atomic mass is 16.1. The molecule has 0 aliphatic rings. The van der Waals surface area contributed by atoms with Crippen molar-refractivity contribution >= 4 is 5.91 Å². The molecule has 24 heavy (non-hydrogen) atoms. The summed E-state index contributed by atoms with van der Waals surface area (Å²) >= 11 is 0. The minimum absolute atomic E-state index is 0.0114. The first-order valence-corrected chi connectivity index (χ1v) is 8.63. The van der Waals surface area contributed by atoms with Gasteiger partial charge in [0.25, 0.3) is 0 Å². The van der Waals surface area contributed by atoms with Gasteiger partial charge in [0, 0.05) is 0 Å². The van der Waals surface area contributed by atoms with Crippen LogP contribution in [0.3, 0.4) is 0 Å². The van der Waals surface area contributed by atoms with Crippen LogP contribution in [0.25, 0.3) is 0 Å². The molecule has 1 amide bonds. The van der Waals surface area contributed by atoms with Crippen LogP contribution < -0.4 is 5.32 Å². The topological polar surface area (TPSA) is 29.1 Å². The van der Waals surface area contributed by atoms with Crippen molar-refractivity contribution in [1.82, 2.24) is 5.32 Å². The Morgan fingerprint density at radius 1 is 1.04 bits per heavy atom. The minimum Gasteiger partial charge on any atom is -0.349 e. The Kier molecular flexibility index (Phi) is 5.48. The number of benzene rings is 2. The third-order valence-corrected chi connectivity index (χ3v) is 4.50. The highest BCUT2D eigenvalue weighted by molar-refractivity contribution is 5.79. The van der Waals surface area contributed by atoms with Gasteiger partial charge in [0.2, 0.25) is 5.91 Å². The second-order valence-corrected chi connectivity index (χ2v) is 7.77. The first-order valence-electron chi connectivity index (χ1n) is 8.63. The maximum atomic E-state index is 12.3. The number of carbonyl (C=O) groups excluding carboxylic acids is 1. The van der Waals surface area contributed by atoms with E-state index in [4.69, 9.17) is 0 Å². The molecule has 1 N–H and O–H groups in total. The van der Waals surface area contributed by atoms with Gasteiger partial charge in [-0.05, 0) is 48.4 Å². The van der Waals surface area contributed by atoms with Crippen LogP contribution in [0.2, 0.25) is 0 Å². The van der Waals surface area contributed by atoms with Crippen molar-refractivity contribution in [2.75, 3.05) is 0 Å². The first-order chi connectivity index (χ1) is 11.2. The largest absolute Gasteiger partial charge is 0.349 e. The van der Waals surface area contributed by atoms with Gasteiger partial charge >= 0.3 is 0 Å². The lowest BCUT2D eigenvalue weighted by Crippen LogP contribution is -2.28. The Hall–Kier alpha value is -2.09. The van der Waals surface area contributed by atoms with Crippen LogP contribution in [0.1, 0.15) is 61.6 Å². The molecule has 2 aromatic rings. The van der Waals surface area contributed by atoms with Crippen molar-refractivity contribution < 1.29 is 4.79 Å². The van der Waals surface area contributed by atoms with Gasteiger partial charge in [-0.2, -0.15) is 0 Å². The number of aryl methyl sites for hydroxylation is 2. The highest BCUT2D eigenvalue weighted by Gasteiger charge is 2.15. The van der Waals surface area contributed by atoms with Crippen LogP contribution in [0, 0.1) is 13.8 Å². The molecule has 0 bridgehead atoms. The molecule has 0 aromatic heterocycles. The number of rotatable bonds is 4. The lowest BCUT2D eigenvalue weighted by atomic mass is 9.86. The van der Waals surface area contributed by atoms with Crippen LogP contribution in [-0.2, 0) is 16.6 Å². The van der Waals surface area contributed by atoms with E-state index in [0.29, 0.717) is 6.42 Å². The summed E-state index contributed by atoms with van der Waals surface area (Å²) in [5.41, 5.74) is 6.08. The van der Waals surface area contributed by atoms with Crippen molar-refractivity contribution in [1.29, 1.82) is 0 Å². The third-order valence-electron chi connectivity index (χ3n) is 4.50. The summed E-state index contributed by atoms with van der Waals surface area (Å²) in [7, 11) is 0. The molecule has 0 unspecified atom stereocenters. The van der Waals surface area contributed by atoms with E-state index in [1.165, 1.54) is 16.7 Å². The molecule has 128 valence electrons. The Morgan fingerprint density at radius 2 is 1.67 bits per heavy atom. The Labute approximate surface area is 146 Å². The lowest BCUT2D eigenvalue weighted by molar-refractivity contribution is -0.121. The predicted octanol–water partition coefficient (Wildman–Crippen LogP) is 5.02. The zero-order valence-electron chi connectivity index (χ0n) is 15.7. The summed E-state index contributed by atoms with van der Waals surface area (Å²) in [5, 5.41) is 3.11. The average molecular weight is 323 g/mol. The quantitative estimate of drug-likeness (QED) is 0.841. The van der Waals surface area contributed by atoms with Gasteiger partial charge < -0.3 is 5.32 Å². The van der Waals surface area contributed by atoms with E-state index >= 15 is 0 Å². The molecular formula is C22H29NO. The zero-order chi connectivity index (χ0) is 17.9. The maximum Gasteiger partial charge on any atom is 0.224 e.